The molecule has 88 valence electrons. The van der Waals surface area contributed by atoms with E-state index in [1.165, 1.54) is 6.20 Å². The highest BCUT2D eigenvalue weighted by atomic mass is 19.4. The van der Waals surface area contributed by atoms with Crippen LogP contribution in [-0.2, 0) is 0 Å². The lowest BCUT2D eigenvalue weighted by Crippen LogP contribution is -2.34. The summed E-state index contributed by atoms with van der Waals surface area (Å²) in [6.07, 6.45) is 5.31. The summed E-state index contributed by atoms with van der Waals surface area (Å²) < 4.78 is 42.2. The smallest absolute Gasteiger partial charge is 0.492 e. The number of hydrogen-bond donors (Lipinski definition) is 0. The Labute approximate surface area is 92.2 Å². The highest BCUT2D eigenvalue weighted by molar-refractivity contribution is 6.73. The van der Waals surface area contributed by atoms with Crippen molar-refractivity contribution in [3.63, 3.8) is 0 Å². The van der Waals surface area contributed by atoms with E-state index in [1.54, 1.807) is 6.08 Å². The Morgan fingerprint density at radius 2 is 2.12 bits per heavy atom. The topological polar surface area (TPSA) is 22.1 Å². The molecule has 1 aromatic rings. The predicted octanol–water partition coefficient (Wildman–Crippen LogP) is 2.48. The summed E-state index contributed by atoms with van der Waals surface area (Å²) in [6, 6.07) is 0.973. The number of allylic oxidation sites excluding steroid dienone is 1. The molecule has 1 rings (SSSR count). The highest BCUT2D eigenvalue weighted by Crippen LogP contribution is 2.13. The number of hydrogen-bond acceptors (Lipinski definition) is 2. The maximum absolute atomic E-state index is 12.4. The summed E-state index contributed by atoms with van der Waals surface area (Å²) in [4.78, 5) is 3.50. The van der Waals surface area contributed by atoms with Gasteiger partial charge in [-0.25, -0.2) is 0 Å². The minimum Gasteiger partial charge on any atom is -0.492 e. The molecule has 0 fully saturated rings. The van der Waals surface area contributed by atoms with E-state index in [2.05, 4.69) is 11.6 Å². The number of nitrogens with zero attached hydrogens (tertiary/aromatic N) is 1. The van der Waals surface area contributed by atoms with Gasteiger partial charge in [0.2, 0.25) is 0 Å². The van der Waals surface area contributed by atoms with Crippen LogP contribution in [0.1, 0.15) is 12.8 Å². The lowest BCUT2D eigenvalue weighted by atomic mass is 9.81. The standard InChI is InChI=1S/C10H12BF3NO/c1-2-3-4-5-16-10-6-9(7-15-8-10)11(12,13)14/h2,6-8H,1,3-5H2/q-1. The quantitative estimate of drug-likeness (QED) is 0.425. The maximum Gasteiger partial charge on any atom is 0.511 e. The van der Waals surface area contributed by atoms with E-state index in [0.29, 0.717) is 6.61 Å². The Balaban J connectivity index is 2.57. The maximum atomic E-state index is 12.4. The number of rotatable bonds is 6. The van der Waals surface area contributed by atoms with Crippen LogP contribution in [0.15, 0.2) is 31.1 Å². The van der Waals surface area contributed by atoms with Gasteiger partial charge in [0.25, 0.3) is 0 Å². The third-order valence-electron chi connectivity index (χ3n) is 1.93. The van der Waals surface area contributed by atoms with Crippen LogP contribution in [0.4, 0.5) is 12.9 Å². The van der Waals surface area contributed by atoms with Gasteiger partial charge in [0.1, 0.15) is 5.75 Å². The number of unbranched alkanes of at least 4 members (excludes halogenated alkanes) is 1. The van der Waals surface area contributed by atoms with Crippen LogP contribution in [0.25, 0.3) is 0 Å². The summed E-state index contributed by atoms with van der Waals surface area (Å²) in [5.41, 5.74) is -0.735. The van der Waals surface area contributed by atoms with Crippen molar-refractivity contribution in [1.82, 2.24) is 4.98 Å². The summed E-state index contributed by atoms with van der Waals surface area (Å²) in [5.74, 6) is 0.153. The van der Waals surface area contributed by atoms with Crippen molar-refractivity contribution in [1.29, 1.82) is 0 Å². The Hall–Kier alpha value is -1.46. The van der Waals surface area contributed by atoms with Crippen LogP contribution in [0.5, 0.6) is 5.75 Å². The van der Waals surface area contributed by atoms with Crippen LogP contribution >= 0.6 is 0 Å². The van der Waals surface area contributed by atoms with Crippen molar-refractivity contribution < 1.29 is 17.7 Å². The Bertz CT molecular complexity index is 354. The predicted molar refractivity (Wildman–Crippen MR) is 57.9 cm³/mol. The molecule has 0 saturated heterocycles. The zero-order valence-electron chi connectivity index (χ0n) is 8.70. The van der Waals surface area contributed by atoms with E-state index in [4.69, 9.17) is 4.74 Å². The van der Waals surface area contributed by atoms with Crippen molar-refractivity contribution in [2.24, 2.45) is 0 Å². The first kappa shape index (κ1) is 12.6. The molecule has 16 heavy (non-hydrogen) atoms. The molecule has 0 atom stereocenters. The minimum absolute atomic E-state index is 0.153. The second-order valence-electron chi connectivity index (χ2n) is 3.31. The van der Waals surface area contributed by atoms with Gasteiger partial charge in [0.05, 0.1) is 12.8 Å². The first-order valence-electron chi connectivity index (χ1n) is 4.92. The van der Waals surface area contributed by atoms with Crippen LogP contribution in [-0.4, -0.2) is 18.6 Å². The van der Waals surface area contributed by atoms with E-state index in [-0.39, 0.29) is 5.75 Å². The third kappa shape index (κ3) is 3.96. The molecule has 0 spiro atoms. The fourth-order valence-electron chi connectivity index (χ4n) is 1.11. The van der Waals surface area contributed by atoms with Gasteiger partial charge in [-0.15, -0.1) is 6.58 Å². The Morgan fingerprint density at radius 1 is 1.38 bits per heavy atom. The molecule has 0 radical (unpaired) electrons. The van der Waals surface area contributed by atoms with Crippen molar-refractivity contribution in [3.05, 3.63) is 31.1 Å². The number of halogens is 3. The van der Waals surface area contributed by atoms with Gasteiger partial charge in [-0.3, -0.25) is 4.98 Å². The molecule has 0 unspecified atom stereocenters. The average Bonchev–Trinajstić information content (AvgIpc) is 2.24. The summed E-state index contributed by atoms with van der Waals surface area (Å²) in [5, 5.41) is 0. The van der Waals surface area contributed by atoms with E-state index < -0.39 is 12.4 Å². The molecule has 6 heteroatoms. The second kappa shape index (κ2) is 5.58. The van der Waals surface area contributed by atoms with Crippen LogP contribution in [0.2, 0.25) is 0 Å². The molecule has 0 N–H and O–H groups in total. The average molecular weight is 230 g/mol. The molecule has 0 amide bonds. The molecular formula is C10H12BF3NO-. The summed E-state index contributed by atoms with van der Waals surface area (Å²) in [6.45, 7) is -1.11. The molecule has 1 aromatic heterocycles. The van der Waals surface area contributed by atoms with Crippen molar-refractivity contribution in [2.45, 2.75) is 12.8 Å². The van der Waals surface area contributed by atoms with E-state index in [9.17, 15) is 12.9 Å². The first-order chi connectivity index (χ1) is 7.54. The molecule has 0 aliphatic heterocycles. The van der Waals surface area contributed by atoms with Crippen molar-refractivity contribution in [2.75, 3.05) is 6.61 Å². The zero-order valence-corrected chi connectivity index (χ0v) is 8.70. The van der Waals surface area contributed by atoms with E-state index >= 15 is 0 Å². The number of ether oxygens (including phenoxy) is 1. The fourth-order valence-corrected chi connectivity index (χ4v) is 1.11. The van der Waals surface area contributed by atoms with Gasteiger partial charge >= 0.3 is 6.98 Å². The van der Waals surface area contributed by atoms with Crippen LogP contribution < -0.4 is 10.2 Å². The monoisotopic (exact) mass is 230 g/mol. The normalized spacial score (nSPS) is 11.2. The summed E-state index contributed by atoms with van der Waals surface area (Å²) >= 11 is 0. The largest absolute Gasteiger partial charge is 0.511 e. The van der Waals surface area contributed by atoms with Crippen LogP contribution in [0, 0.1) is 0 Å². The molecule has 2 nitrogen and oxygen atoms in total. The molecule has 0 bridgehead atoms. The number of pyridine rings is 1. The van der Waals surface area contributed by atoms with Gasteiger partial charge in [-0.05, 0) is 18.9 Å². The minimum atomic E-state index is -5.01. The SMILES string of the molecule is C=CCCCOc1cncc([B-](F)(F)F)c1. The fraction of sp³-hybridized carbons (Fsp3) is 0.300. The Kier molecular flexibility index (Phi) is 4.40. The number of aromatic nitrogens is 1. The van der Waals surface area contributed by atoms with Crippen molar-refractivity contribution in [3.8, 4) is 5.75 Å². The second-order valence-corrected chi connectivity index (χ2v) is 3.31. The van der Waals surface area contributed by atoms with E-state index in [0.717, 1.165) is 25.1 Å². The van der Waals surface area contributed by atoms with Gasteiger partial charge < -0.3 is 17.7 Å². The lowest BCUT2D eigenvalue weighted by molar-refractivity contribution is 0.311. The van der Waals surface area contributed by atoms with E-state index in [1.807, 2.05) is 0 Å². The first-order valence-corrected chi connectivity index (χ1v) is 4.92. The van der Waals surface area contributed by atoms with Gasteiger partial charge in [0.15, 0.2) is 0 Å². The van der Waals surface area contributed by atoms with Gasteiger partial charge in [-0.2, -0.15) is 0 Å². The zero-order chi connectivity index (χ0) is 12.0. The molecule has 0 aromatic carbocycles. The molecule has 0 aliphatic carbocycles. The lowest BCUT2D eigenvalue weighted by Gasteiger charge is -2.15. The molecular weight excluding hydrogens is 218 g/mol. The highest BCUT2D eigenvalue weighted by Gasteiger charge is 2.26. The van der Waals surface area contributed by atoms with Gasteiger partial charge in [0, 0.05) is 6.20 Å². The Morgan fingerprint density at radius 3 is 2.75 bits per heavy atom. The van der Waals surface area contributed by atoms with Gasteiger partial charge in [-0.1, -0.05) is 11.5 Å². The molecule has 1 heterocycles. The van der Waals surface area contributed by atoms with Crippen molar-refractivity contribution >= 4 is 12.4 Å². The summed E-state index contributed by atoms with van der Waals surface area (Å²) in [7, 11) is 0. The molecule has 0 saturated carbocycles. The van der Waals surface area contributed by atoms with Crippen LogP contribution in [0.3, 0.4) is 0 Å². The third-order valence-corrected chi connectivity index (χ3v) is 1.93. The molecule has 0 aliphatic rings.